The Morgan fingerprint density at radius 1 is 1.33 bits per heavy atom. The summed E-state index contributed by atoms with van der Waals surface area (Å²) in [5.41, 5.74) is 0.371. The number of aliphatic hydroxyl groups excluding tert-OH is 1. The Kier molecular flexibility index (Phi) is 6.08. The molecule has 0 spiro atoms. The summed E-state index contributed by atoms with van der Waals surface area (Å²) >= 11 is 0. The number of aliphatic hydroxyl groups is 1. The van der Waals surface area contributed by atoms with Crippen LogP contribution in [0.5, 0.6) is 0 Å². The largest absolute Gasteiger partial charge is 0.393 e. The van der Waals surface area contributed by atoms with Crippen molar-refractivity contribution in [3.8, 4) is 0 Å². The number of nitrogens with one attached hydrogen (secondary N) is 1. The maximum atomic E-state index is 13.6. The SMILES string of the molecule is CC(NCCCN1CCC(O)CC1)c1cc(F)ccc1F. The van der Waals surface area contributed by atoms with E-state index in [9.17, 15) is 13.9 Å². The van der Waals surface area contributed by atoms with Gasteiger partial charge in [0.15, 0.2) is 0 Å². The van der Waals surface area contributed by atoms with Gasteiger partial charge in [-0.3, -0.25) is 0 Å². The van der Waals surface area contributed by atoms with Crippen LogP contribution in [0.3, 0.4) is 0 Å². The van der Waals surface area contributed by atoms with Crippen LogP contribution in [0.25, 0.3) is 0 Å². The van der Waals surface area contributed by atoms with Crippen molar-refractivity contribution in [2.24, 2.45) is 0 Å². The van der Waals surface area contributed by atoms with Crippen LogP contribution in [-0.2, 0) is 0 Å². The van der Waals surface area contributed by atoms with Gasteiger partial charge in [-0.05, 0) is 57.5 Å². The van der Waals surface area contributed by atoms with Crippen LogP contribution >= 0.6 is 0 Å². The Morgan fingerprint density at radius 3 is 2.76 bits per heavy atom. The van der Waals surface area contributed by atoms with Gasteiger partial charge in [0.25, 0.3) is 0 Å². The van der Waals surface area contributed by atoms with E-state index in [0.29, 0.717) is 5.56 Å². The lowest BCUT2D eigenvalue weighted by Crippen LogP contribution is -2.37. The van der Waals surface area contributed by atoms with Crippen molar-refractivity contribution >= 4 is 0 Å². The molecule has 1 aliphatic heterocycles. The van der Waals surface area contributed by atoms with Gasteiger partial charge in [0.1, 0.15) is 11.6 Å². The third-order valence-corrected chi connectivity index (χ3v) is 4.08. The number of hydrogen-bond donors (Lipinski definition) is 2. The predicted molar refractivity (Wildman–Crippen MR) is 79.1 cm³/mol. The predicted octanol–water partition coefficient (Wildman–Crippen LogP) is 2.46. The second-order valence-electron chi connectivity index (χ2n) is 5.77. The molecule has 3 nitrogen and oxygen atoms in total. The van der Waals surface area contributed by atoms with Gasteiger partial charge in [-0.2, -0.15) is 0 Å². The Labute approximate surface area is 125 Å². The standard InChI is InChI=1S/C16H24F2N2O/c1-12(15-11-13(17)3-4-16(15)18)19-7-2-8-20-9-5-14(21)6-10-20/h3-4,11-12,14,19,21H,2,5-10H2,1H3. The molecule has 0 amide bonds. The summed E-state index contributed by atoms with van der Waals surface area (Å²) in [6, 6.07) is 3.35. The molecule has 0 bridgehead atoms. The van der Waals surface area contributed by atoms with E-state index in [2.05, 4.69) is 10.2 Å². The van der Waals surface area contributed by atoms with Crippen molar-refractivity contribution in [1.82, 2.24) is 10.2 Å². The van der Waals surface area contributed by atoms with Crippen LogP contribution in [0.2, 0.25) is 0 Å². The highest BCUT2D eigenvalue weighted by Gasteiger charge is 2.16. The molecule has 0 aliphatic carbocycles. The van der Waals surface area contributed by atoms with E-state index in [4.69, 9.17) is 0 Å². The minimum Gasteiger partial charge on any atom is -0.393 e. The summed E-state index contributed by atoms with van der Waals surface area (Å²) in [5, 5.41) is 12.7. The zero-order valence-corrected chi connectivity index (χ0v) is 12.5. The molecular weight excluding hydrogens is 274 g/mol. The monoisotopic (exact) mass is 298 g/mol. The van der Waals surface area contributed by atoms with Crippen molar-refractivity contribution in [2.45, 2.75) is 38.3 Å². The first-order valence-electron chi connectivity index (χ1n) is 7.65. The molecule has 0 saturated carbocycles. The van der Waals surface area contributed by atoms with Crippen molar-refractivity contribution < 1.29 is 13.9 Å². The van der Waals surface area contributed by atoms with Crippen LogP contribution < -0.4 is 5.32 Å². The number of piperidine rings is 1. The van der Waals surface area contributed by atoms with Crippen molar-refractivity contribution in [3.63, 3.8) is 0 Å². The Hall–Kier alpha value is -1.04. The van der Waals surface area contributed by atoms with Gasteiger partial charge in [-0.25, -0.2) is 8.78 Å². The maximum Gasteiger partial charge on any atom is 0.128 e. The van der Waals surface area contributed by atoms with E-state index in [-0.39, 0.29) is 18.0 Å². The number of rotatable bonds is 6. The molecule has 1 unspecified atom stereocenters. The normalized spacial score (nSPS) is 18.9. The second kappa shape index (κ2) is 7.82. The zero-order chi connectivity index (χ0) is 15.2. The highest BCUT2D eigenvalue weighted by molar-refractivity contribution is 5.21. The molecule has 2 rings (SSSR count). The van der Waals surface area contributed by atoms with E-state index in [1.165, 1.54) is 12.1 Å². The lowest BCUT2D eigenvalue weighted by molar-refractivity contribution is 0.0820. The lowest BCUT2D eigenvalue weighted by atomic mass is 10.1. The van der Waals surface area contributed by atoms with Crippen LogP contribution in [-0.4, -0.2) is 42.3 Å². The fraction of sp³-hybridized carbons (Fsp3) is 0.625. The quantitative estimate of drug-likeness (QED) is 0.792. The van der Waals surface area contributed by atoms with E-state index < -0.39 is 5.82 Å². The second-order valence-corrected chi connectivity index (χ2v) is 5.77. The highest BCUT2D eigenvalue weighted by Crippen LogP contribution is 2.18. The highest BCUT2D eigenvalue weighted by atomic mass is 19.1. The Morgan fingerprint density at radius 2 is 2.05 bits per heavy atom. The smallest absolute Gasteiger partial charge is 0.128 e. The summed E-state index contributed by atoms with van der Waals surface area (Å²) in [5.74, 6) is -0.784. The van der Waals surface area contributed by atoms with Crippen LogP contribution in [0, 0.1) is 11.6 Å². The van der Waals surface area contributed by atoms with Crippen molar-refractivity contribution in [2.75, 3.05) is 26.2 Å². The molecule has 0 radical (unpaired) electrons. The Bertz CT molecular complexity index is 448. The Balaban J connectivity index is 1.69. The topological polar surface area (TPSA) is 35.5 Å². The summed E-state index contributed by atoms with van der Waals surface area (Å²) in [7, 11) is 0. The minimum atomic E-state index is -0.410. The molecule has 1 fully saturated rings. The number of hydrogen-bond acceptors (Lipinski definition) is 3. The summed E-state index contributed by atoms with van der Waals surface area (Å²) < 4.78 is 26.8. The molecule has 1 heterocycles. The molecule has 1 aromatic rings. The van der Waals surface area contributed by atoms with Gasteiger partial charge in [0.05, 0.1) is 6.10 Å². The minimum absolute atomic E-state index is 0.143. The van der Waals surface area contributed by atoms with Gasteiger partial charge in [0.2, 0.25) is 0 Å². The average Bonchev–Trinajstić information content (AvgIpc) is 2.47. The summed E-state index contributed by atoms with van der Waals surface area (Å²) in [6.45, 7) is 5.45. The lowest BCUT2D eigenvalue weighted by Gasteiger charge is -2.29. The van der Waals surface area contributed by atoms with Crippen molar-refractivity contribution in [3.05, 3.63) is 35.4 Å². The number of benzene rings is 1. The van der Waals surface area contributed by atoms with E-state index in [0.717, 1.165) is 51.5 Å². The van der Waals surface area contributed by atoms with Gasteiger partial charge < -0.3 is 15.3 Å². The van der Waals surface area contributed by atoms with E-state index in [1.54, 1.807) is 0 Å². The number of likely N-dealkylation sites (tertiary alicyclic amines) is 1. The fourth-order valence-corrected chi connectivity index (χ4v) is 2.72. The maximum absolute atomic E-state index is 13.6. The molecule has 118 valence electrons. The molecule has 2 N–H and O–H groups in total. The zero-order valence-electron chi connectivity index (χ0n) is 12.5. The first-order chi connectivity index (χ1) is 10.1. The third kappa shape index (κ3) is 5.02. The van der Waals surface area contributed by atoms with E-state index in [1.807, 2.05) is 6.92 Å². The van der Waals surface area contributed by atoms with Gasteiger partial charge in [0, 0.05) is 24.7 Å². The molecule has 1 atom stereocenters. The molecule has 21 heavy (non-hydrogen) atoms. The number of halogens is 2. The molecule has 1 aromatic carbocycles. The molecule has 5 heteroatoms. The van der Waals surface area contributed by atoms with Crippen molar-refractivity contribution in [1.29, 1.82) is 0 Å². The summed E-state index contributed by atoms with van der Waals surface area (Å²) in [6.07, 6.45) is 2.50. The van der Waals surface area contributed by atoms with E-state index >= 15 is 0 Å². The van der Waals surface area contributed by atoms with Gasteiger partial charge in [-0.1, -0.05) is 0 Å². The van der Waals surface area contributed by atoms with Crippen LogP contribution in [0.4, 0.5) is 8.78 Å². The fourth-order valence-electron chi connectivity index (χ4n) is 2.72. The molecule has 1 aliphatic rings. The first kappa shape index (κ1) is 16.3. The molecule has 0 aromatic heterocycles. The van der Waals surface area contributed by atoms with Gasteiger partial charge >= 0.3 is 0 Å². The third-order valence-electron chi connectivity index (χ3n) is 4.08. The first-order valence-corrected chi connectivity index (χ1v) is 7.65. The molecule has 1 saturated heterocycles. The van der Waals surface area contributed by atoms with Gasteiger partial charge in [-0.15, -0.1) is 0 Å². The summed E-state index contributed by atoms with van der Waals surface area (Å²) in [4.78, 5) is 2.34. The molecular formula is C16H24F2N2O. The van der Waals surface area contributed by atoms with Crippen LogP contribution in [0.1, 0.15) is 37.8 Å². The van der Waals surface area contributed by atoms with Crippen LogP contribution in [0.15, 0.2) is 18.2 Å². The average molecular weight is 298 g/mol. The number of nitrogens with zero attached hydrogens (tertiary/aromatic N) is 1.